The van der Waals surface area contributed by atoms with Gasteiger partial charge in [0.1, 0.15) is 5.82 Å². The van der Waals surface area contributed by atoms with Gasteiger partial charge in [-0.1, -0.05) is 25.4 Å². The summed E-state index contributed by atoms with van der Waals surface area (Å²) in [5, 5.41) is 9.95. The summed E-state index contributed by atoms with van der Waals surface area (Å²) in [6.45, 7) is 4.41. The maximum Gasteiger partial charge on any atom is 0.314 e. The first-order valence-corrected chi connectivity index (χ1v) is 11.0. The van der Waals surface area contributed by atoms with Gasteiger partial charge in [-0.2, -0.15) is 5.10 Å². The molecule has 0 radical (unpaired) electrons. The fourth-order valence-corrected chi connectivity index (χ4v) is 4.48. The Morgan fingerprint density at radius 2 is 1.86 bits per heavy atom. The maximum atomic E-state index is 12.4. The second-order valence-electron chi connectivity index (χ2n) is 7.09. The summed E-state index contributed by atoms with van der Waals surface area (Å²) in [7, 11) is -3.32. The van der Waals surface area contributed by atoms with Gasteiger partial charge in [-0.3, -0.25) is 9.59 Å². The lowest BCUT2D eigenvalue weighted by Gasteiger charge is -2.11. The van der Waals surface area contributed by atoms with Crippen LogP contribution in [-0.4, -0.2) is 36.6 Å². The van der Waals surface area contributed by atoms with Gasteiger partial charge in [0.15, 0.2) is 9.84 Å². The highest BCUT2D eigenvalue weighted by Crippen LogP contribution is 2.33. The summed E-state index contributed by atoms with van der Waals surface area (Å²) < 4.78 is 25.3. The summed E-state index contributed by atoms with van der Waals surface area (Å²) in [6, 6.07) is 6.70. The minimum absolute atomic E-state index is 0.183. The fourth-order valence-electron chi connectivity index (χ4n) is 2.86. The van der Waals surface area contributed by atoms with Gasteiger partial charge < -0.3 is 10.6 Å². The highest BCUT2D eigenvalue weighted by molar-refractivity contribution is 7.90. The topological polar surface area (TPSA) is 110 Å². The number of halogens is 1. The fraction of sp³-hybridized carbons (Fsp3) is 0.389. The molecule has 28 heavy (non-hydrogen) atoms. The normalized spacial score (nSPS) is 14.7. The number of hydrogen-bond acceptors (Lipinski definition) is 5. The summed E-state index contributed by atoms with van der Waals surface area (Å²) >= 11 is 5.92. The quantitative estimate of drug-likeness (QED) is 0.714. The van der Waals surface area contributed by atoms with Crippen LogP contribution in [0.25, 0.3) is 5.69 Å². The van der Waals surface area contributed by atoms with E-state index >= 15 is 0 Å². The number of hydrogen-bond donors (Lipinski definition) is 2. The Hall–Kier alpha value is -2.39. The molecule has 10 heteroatoms. The smallest absolute Gasteiger partial charge is 0.314 e. The Labute approximate surface area is 168 Å². The van der Waals surface area contributed by atoms with Crippen LogP contribution in [0.2, 0.25) is 5.02 Å². The van der Waals surface area contributed by atoms with Gasteiger partial charge in [0.2, 0.25) is 0 Å². The van der Waals surface area contributed by atoms with Crippen LogP contribution in [0.15, 0.2) is 24.3 Å². The average Bonchev–Trinajstić information content (AvgIpc) is 3.08. The molecule has 0 aliphatic carbocycles. The average molecular weight is 425 g/mol. The zero-order valence-corrected chi connectivity index (χ0v) is 17.1. The summed E-state index contributed by atoms with van der Waals surface area (Å²) in [5.74, 6) is -1.51. The molecule has 1 aliphatic heterocycles. The predicted molar refractivity (Wildman–Crippen MR) is 106 cm³/mol. The first kappa shape index (κ1) is 20.3. The molecular formula is C18H21ClN4O4S. The van der Waals surface area contributed by atoms with E-state index in [1.165, 1.54) is 4.68 Å². The van der Waals surface area contributed by atoms with Gasteiger partial charge in [0, 0.05) is 17.1 Å². The van der Waals surface area contributed by atoms with E-state index in [1.54, 1.807) is 24.3 Å². The van der Waals surface area contributed by atoms with E-state index in [0.717, 1.165) is 6.42 Å². The van der Waals surface area contributed by atoms with Crippen LogP contribution in [0.4, 0.5) is 5.82 Å². The molecule has 1 aromatic heterocycles. The van der Waals surface area contributed by atoms with Crippen molar-refractivity contribution in [2.24, 2.45) is 5.92 Å². The zero-order valence-electron chi connectivity index (χ0n) is 15.5. The van der Waals surface area contributed by atoms with Crippen LogP contribution in [-0.2, 0) is 30.9 Å². The molecule has 0 bridgehead atoms. The molecular weight excluding hydrogens is 404 g/mol. The zero-order chi connectivity index (χ0) is 20.5. The van der Waals surface area contributed by atoms with Gasteiger partial charge >= 0.3 is 11.8 Å². The molecule has 3 rings (SSSR count). The SMILES string of the molecule is CC(C)CCNC(=O)C(=O)Nc1c2c(nn1-c1ccc(Cl)cc1)CS(=O)(=O)C2. The maximum absolute atomic E-state index is 12.4. The number of rotatable bonds is 5. The summed E-state index contributed by atoms with van der Waals surface area (Å²) in [5.41, 5.74) is 1.36. The minimum atomic E-state index is -3.32. The van der Waals surface area contributed by atoms with Crippen molar-refractivity contribution in [2.45, 2.75) is 31.8 Å². The van der Waals surface area contributed by atoms with Crippen LogP contribution in [0.1, 0.15) is 31.5 Å². The Kier molecular flexibility index (Phi) is 5.76. The molecule has 1 aliphatic rings. The number of sulfone groups is 1. The molecule has 1 aromatic carbocycles. The van der Waals surface area contributed by atoms with Crippen molar-refractivity contribution >= 4 is 39.1 Å². The molecule has 0 fully saturated rings. The van der Waals surface area contributed by atoms with Gasteiger partial charge in [0.25, 0.3) is 0 Å². The van der Waals surface area contributed by atoms with Crippen LogP contribution < -0.4 is 10.6 Å². The Balaban J connectivity index is 1.87. The number of fused-ring (bicyclic) bond motifs is 1. The summed E-state index contributed by atoms with van der Waals surface area (Å²) in [6.07, 6.45) is 0.745. The number of carbonyl (C=O) groups excluding carboxylic acids is 2. The van der Waals surface area contributed by atoms with Crippen molar-refractivity contribution in [3.8, 4) is 5.69 Å². The lowest BCUT2D eigenvalue weighted by atomic mass is 10.1. The second-order valence-corrected chi connectivity index (χ2v) is 9.59. The highest BCUT2D eigenvalue weighted by Gasteiger charge is 2.33. The first-order chi connectivity index (χ1) is 13.2. The van der Waals surface area contributed by atoms with Crippen LogP contribution in [0.3, 0.4) is 0 Å². The van der Waals surface area contributed by atoms with E-state index in [-0.39, 0.29) is 17.3 Å². The van der Waals surface area contributed by atoms with Crippen LogP contribution in [0.5, 0.6) is 0 Å². The van der Waals surface area contributed by atoms with E-state index < -0.39 is 21.7 Å². The van der Waals surface area contributed by atoms with E-state index in [0.29, 0.717) is 34.4 Å². The van der Waals surface area contributed by atoms with Crippen LogP contribution >= 0.6 is 11.6 Å². The number of aromatic nitrogens is 2. The molecule has 2 N–H and O–H groups in total. The third-order valence-corrected chi connectivity index (χ3v) is 6.00. The molecule has 0 atom stereocenters. The third kappa shape index (κ3) is 4.53. The molecule has 0 saturated carbocycles. The monoisotopic (exact) mass is 424 g/mol. The number of amides is 2. The molecule has 8 nitrogen and oxygen atoms in total. The lowest BCUT2D eigenvalue weighted by molar-refractivity contribution is -0.136. The van der Waals surface area contributed by atoms with Crippen molar-refractivity contribution in [3.05, 3.63) is 40.5 Å². The van der Waals surface area contributed by atoms with E-state index in [1.807, 2.05) is 13.8 Å². The highest BCUT2D eigenvalue weighted by atomic mass is 35.5. The van der Waals surface area contributed by atoms with E-state index in [2.05, 4.69) is 15.7 Å². The summed E-state index contributed by atoms with van der Waals surface area (Å²) in [4.78, 5) is 24.4. The first-order valence-electron chi connectivity index (χ1n) is 8.82. The molecule has 0 unspecified atom stereocenters. The Morgan fingerprint density at radius 3 is 2.50 bits per heavy atom. The van der Waals surface area contributed by atoms with Crippen molar-refractivity contribution in [2.75, 3.05) is 11.9 Å². The van der Waals surface area contributed by atoms with Gasteiger partial charge in [0.05, 0.1) is 22.9 Å². The lowest BCUT2D eigenvalue weighted by Crippen LogP contribution is -2.36. The third-order valence-electron chi connectivity index (χ3n) is 4.30. The number of nitrogens with zero attached hydrogens (tertiary/aromatic N) is 2. The molecule has 150 valence electrons. The largest absolute Gasteiger partial charge is 0.348 e. The van der Waals surface area contributed by atoms with Crippen molar-refractivity contribution < 1.29 is 18.0 Å². The molecule has 2 heterocycles. The van der Waals surface area contributed by atoms with Gasteiger partial charge in [-0.15, -0.1) is 0 Å². The van der Waals surface area contributed by atoms with E-state index in [9.17, 15) is 18.0 Å². The standard InChI is InChI=1S/C18H21ClN4O4S/c1-11(2)7-8-20-17(24)18(25)21-16-14-9-28(26,27)10-15(14)22-23(16)13-5-3-12(19)4-6-13/h3-6,11H,7-10H2,1-2H3,(H,20,24)(H,21,25). The van der Waals surface area contributed by atoms with E-state index in [4.69, 9.17) is 11.6 Å². The minimum Gasteiger partial charge on any atom is -0.348 e. The predicted octanol–water partition coefficient (Wildman–Crippen LogP) is 2.05. The molecule has 2 amide bonds. The second kappa shape index (κ2) is 7.92. The number of nitrogens with one attached hydrogen (secondary N) is 2. The molecule has 2 aromatic rings. The Morgan fingerprint density at radius 1 is 1.18 bits per heavy atom. The molecule has 0 saturated heterocycles. The Bertz CT molecular complexity index is 1010. The van der Waals surface area contributed by atoms with Crippen molar-refractivity contribution in [3.63, 3.8) is 0 Å². The number of carbonyl (C=O) groups is 2. The molecule has 0 spiro atoms. The van der Waals surface area contributed by atoms with Gasteiger partial charge in [-0.05, 0) is 36.6 Å². The number of benzene rings is 1. The number of anilines is 1. The van der Waals surface area contributed by atoms with Crippen LogP contribution in [0, 0.1) is 5.92 Å². The van der Waals surface area contributed by atoms with Crippen molar-refractivity contribution in [1.29, 1.82) is 0 Å². The van der Waals surface area contributed by atoms with Crippen molar-refractivity contribution in [1.82, 2.24) is 15.1 Å². The van der Waals surface area contributed by atoms with Gasteiger partial charge in [-0.25, -0.2) is 13.1 Å².